The standard InChI is InChI=1S/C25H23F3O6S2/c26-24(27)25(28,36(30,31)32)18-34-23(29)12-7-17-33-19-13-15-22(16-14-19)35(20-8-3-1-4-9-20)21-10-5-2-6-11-21/h1-6,8-11,13-16,24H,7,12,17-18H2/p+1. The van der Waals surface area contributed by atoms with Gasteiger partial charge in [0.2, 0.25) is 0 Å². The fourth-order valence-electron chi connectivity index (χ4n) is 3.10. The summed E-state index contributed by atoms with van der Waals surface area (Å²) in [5.41, 5.74) is 0. The third kappa shape index (κ3) is 7.02. The lowest BCUT2D eigenvalue weighted by atomic mass is 10.3. The molecule has 0 bridgehead atoms. The first-order valence-corrected chi connectivity index (χ1v) is 13.5. The molecule has 3 aromatic carbocycles. The molecule has 0 aliphatic rings. The summed E-state index contributed by atoms with van der Waals surface area (Å²) in [5.74, 6) is -0.557. The third-order valence-electron chi connectivity index (χ3n) is 5.00. The van der Waals surface area contributed by atoms with Gasteiger partial charge >= 0.3 is 21.1 Å². The van der Waals surface area contributed by atoms with Crippen LogP contribution in [-0.2, 0) is 30.5 Å². The van der Waals surface area contributed by atoms with Crippen LogP contribution in [-0.4, -0.2) is 43.6 Å². The van der Waals surface area contributed by atoms with Crippen LogP contribution in [0.4, 0.5) is 13.2 Å². The number of esters is 1. The number of carbonyl (C=O) groups is 1. The van der Waals surface area contributed by atoms with Gasteiger partial charge in [-0.15, -0.1) is 0 Å². The molecule has 0 aromatic heterocycles. The fourth-order valence-corrected chi connectivity index (χ4v) is 5.62. The second-order valence-corrected chi connectivity index (χ2v) is 11.2. The van der Waals surface area contributed by atoms with Crippen LogP contribution in [0.3, 0.4) is 0 Å². The maximum atomic E-state index is 13.8. The quantitative estimate of drug-likeness (QED) is 0.145. The van der Waals surface area contributed by atoms with Gasteiger partial charge in [-0.1, -0.05) is 36.4 Å². The fraction of sp³-hybridized carbons (Fsp3) is 0.240. The molecule has 1 atom stereocenters. The predicted molar refractivity (Wildman–Crippen MR) is 129 cm³/mol. The smallest absolute Gasteiger partial charge is 0.327 e. The Morgan fingerprint density at radius 2 is 1.39 bits per heavy atom. The number of hydrogen-bond acceptors (Lipinski definition) is 5. The average molecular weight is 542 g/mol. The Morgan fingerprint density at radius 1 is 0.889 bits per heavy atom. The van der Waals surface area contributed by atoms with Crippen LogP contribution in [0.15, 0.2) is 99.6 Å². The van der Waals surface area contributed by atoms with Gasteiger partial charge in [0.25, 0.3) is 6.43 Å². The van der Waals surface area contributed by atoms with E-state index in [1.54, 1.807) is 12.1 Å². The Kier molecular flexibility index (Phi) is 9.41. The number of ether oxygens (including phenoxy) is 2. The molecule has 0 aliphatic carbocycles. The molecule has 0 fully saturated rings. The van der Waals surface area contributed by atoms with E-state index in [2.05, 4.69) is 29.0 Å². The van der Waals surface area contributed by atoms with Crippen LogP contribution < -0.4 is 4.74 Å². The minimum atomic E-state index is -5.78. The maximum absolute atomic E-state index is 13.8. The highest BCUT2D eigenvalue weighted by molar-refractivity contribution is 7.97. The van der Waals surface area contributed by atoms with Crippen molar-refractivity contribution in [2.75, 3.05) is 13.2 Å². The van der Waals surface area contributed by atoms with Crippen molar-refractivity contribution in [3.8, 4) is 5.75 Å². The van der Waals surface area contributed by atoms with Gasteiger partial charge in [-0.2, -0.15) is 8.42 Å². The van der Waals surface area contributed by atoms with Gasteiger partial charge in [0.15, 0.2) is 14.7 Å². The zero-order chi connectivity index (χ0) is 26.2. The number of rotatable bonds is 12. The Hall–Kier alpha value is -3.02. The van der Waals surface area contributed by atoms with Crippen molar-refractivity contribution < 1.29 is 40.4 Å². The van der Waals surface area contributed by atoms with Gasteiger partial charge in [0.05, 0.1) is 17.5 Å². The minimum absolute atomic E-state index is 0.0748. The zero-order valence-corrected chi connectivity index (χ0v) is 20.6. The van der Waals surface area contributed by atoms with Crippen LogP contribution in [0.5, 0.6) is 5.75 Å². The van der Waals surface area contributed by atoms with Crippen molar-refractivity contribution in [2.45, 2.75) is 39.0 Å². The van der Waals surface area contributed by atoms with E-state index in [1.165, 1.54) is 0 Å². The van der Waals surface area contributed by atoms with Gasteiger partial charge in [-0.05, 0) is 55.0 Å². The average Bonchev–Trinajstić information content (AvgIpc) is 2.86. The van der Waals surface area contributed by atoms with E-state index in [9.17, 15) is 26.4 Å². The van der Waals surface area contributed by atoms with E-state index in [-0.39, 0.29) is 30.3 Å². The molecule has 3 aromatic rings. The molecule has 192 valence electrons. The molecule has 11 heteroatoms. The lowest BCUT2D eigenvalue weighted by Gasteiger charge is -2.20. The summed E-state index contributed by atoms with van der Waals surface area (Å²) in [7, 11) is -6.10. The lowest BCUT2D eigenvalue weighted by Crippen LogP contribution is -2.45. The topological polar surface area (TPSA) is 89.9 Å². The zero-order valence-electron chi connectivity index (χ0n) is 18.9. The van der Waals surface area contributed by atoms with Crippen LogP contribution >= 0.6 is 0 Å². The molecule has 0 saturated carbocycles. The lowest BCUT2D eigenvalue weighted by molar-refractivity contribution is -0.149. The van der Waals surface area contributed by atoms with E-state index in [0.29, 0.717) is 5.75 Å². The van der Waals surface area contributed by atoms with Crippen LogP contribution in [0, 0.1) is 0 Å². The Balaban J connectivity index is 1.54. The molecular formula is C25H24F3O6S2+. The molecule has 0 amide bonds. The van der Waals surface area contributed by atoms with Gasteiger partial charge in [-0.3, -0.25) is 9.35 Å². The summed E-state index contributed by atoms with van der Waals surface area (Å²) in [4.78, 5) is 15.1. The monoisotopic (exact) mass is 541 g/mol. The summed E-state index contributed by atoms with van der Waals surface area (Å²) < 4.78 is 79.4. The van der Waals surface area contributed by atoms with E-state index >= 15 is 0 Å². The molecular weight excluding hydrogens is 517 g/mol. The molecule has 0 saturated heterocycles. The summed E-state index contributed by atoms with van der Waals surface area (Å²) >= 11 is 0. The second-order valence-electron chi connectivity index (χ2n) is 7.58. The normalized spacial score (nSPS) is 13.4. The molecule has 0 spiro atoms. The second kappa shape index (κ2) is 12.3. The summed E-state index contributed by atoms with van der Waals surface area (Å²) in [6.45, 7) is -1.74. The van der Waals surface area contributed by atoms with Gasteiger partial charge in [-0.25, -0.2) is 13.2 Å². The largest absolute Gasteiger partial charge is 0.494 e. The summed E-state index contributed by atoms with van der Waals surface area (Å²) in [6.07, 6.45) is -4.30. The Labute approximate surface area is 210 Å². The predicted octanol–water partition coefficient (Wildman–Crippen LogP) is 5.30. The highest BCUT2D eigenvalue weighted by Crippen LogP contribution is 2.32. The molecule has 6 nitrogen and oxygen atoms in total. The van der Waals surface area contributed by atoms with E-state index in [1.807, 2.05) is 48.5 Å². The minimum Gasteiger partial charge on any atom is -0.494 e. The molecule has 0 aliphatic heterocycles. The Morgan fingerprint density at radius 3 is 1.86 bits per heavy atom. The molecule has 0 radical (unpaired) electrons. The van der Waals surface area contributed by atoms with Crippen LogP contribution in [0.1, 0.15) is 12.8 Å². The highest BCUT2D eigenvalue weighted by Gasteiger charge is 2.54. The van der Waals surface area contributed by atoms with Crippen LogP contribution in [0.2, 0.25) is 0 Å². The third-order valence-corrected chi connectivity index (χ3v) is 8.38. The molecule has 1 unspecified atom stereocenters. The van der Waals surface area contributed by atoms with Crippen molar-refractivity contribution in [2.24, 2.45) is 0 Å². The summed E-state index contributed by atoms with van der Waals surface area (Å²) in [6, 6.07) is 27.7. The van der Waals surface area contributed by atoms with E-state index in [4.69, 9.17) is 9.29 Å². The van der Waals surface area contributed by atoms with Crippen molar-refractivity contribution in [3.63, 3.8) is 0 Å². The molecule has 1 N–H and O–H groups in total. The molecule has 3 rings (SSSR count). The van der Waals surface area contributed by atoms with Gasteiger partial charge in [0, 0.05) is 6.42 Å². The summed E-state index contributed by atoms with van der Waals surface area (Å²) in [5, 5.41) is -4.38. The number of carbonyl (C=O) groups excluding carboxylic acids is 1. The van der Waals surface area contributed by atoms with Crippen molar-refractivity contribution in [1.29, 1.82) is 0 Å². The van der Waals surface area contributed by atoms with E-state index in [0.717, 1.165) is 14.7 Å². The Bertz CT molecular complexity index is 1190. The van der Waals surface area contributed by atoms with Gasteiger partial charge in [0.1, 0.15) is 12.4 Å². The van der Waals surface area contributed by atoms with Crippen molar-refractivity contribution in [1.82, 2.24) is 0 Å². The first-order chi connectivity index (χ1) is 17.1. The maximum Gasteiger partial charge on any atom is 0.327 e. The molecule has 0 heterocycles. The number of benzene rings is 3. The number of alkyl halides is 3. The van der Waals surface area contributed by atoms with Crippen LogP contribution in [0.25, 0.3) is 0 Å². The van der Waals surface area contributed by atoms with Crippen molar-refractivity contribution >= 4 is 27.0 Å². The number of hydrogen-bond donors (Lipinski definition) is 1. The van der Waals surface area contributed by atoms with E-state index < -0.39 is 34.1 Å². The van der Waals surface area contributed by atoms with Gasteiger partial charge < -0.3 is 9.47 Å². The molecule has 36 heavy (non-hydrogen) atoms. The first kappa shape index (κ1) is 27.6. The SMILES string of the molecule is O=C(CCCOc1ccc([S+](c2ccccc2)c2ccccc2)cc1)OCC(F)(C(F)F)S(=O)(=O)O. The first-order valence-electron chi connectivity index (χ1n) is 10.8. The number of halogens is 3. The van der Waals surface area contributed by atoms with Crippen molar-refractivity contribution in [3.05, 3.63) is 84.9 Å². The highest BCUT2D eigenvalue weighted by atomic mass is 32.2.